The molecule has 0 bridgehead atoms. The Morgan fingerprint density at radius 1 is 1.10 bits per heavy atom. The molecule has 110 valence electrons. The van der Waals surface area contributed by atoms with Gasteiger partial charge in [-0.25, -0.2) is 8.42 Å². The minimum absolute atomic E-state index is 0.0462. The molecular weight excluding hydrogens is 274 g/mol. The zero-order chi connectivity index (χ0) is 14.4. The van der Waals surface area contributed by atoms with Gasteiger partial charge in [-0.3, -0.25) is 9.52 Å². The van der Waals surface area contributed by atoms with E-state index < -0.39 is 10.0 Å². The van der Waals surface area contributed by atoms with E-state index in [0.717, 1.165) is 37.7 Å². The van der Waals surface area contributed by atoms with E-state index in [9.17, 15) is 13.2 Å². The van der Waals surface area contributed by atoms with Crippen LogP contribution in [0.1, 0.15) is 37.7 Å². The average molecular weight is 295 g/mol. The first kappa shape index (κ1) is 15.0. The molecule has 1 amide bonds. The minimum atomic E-state index is -3.53. The standard InChI is InChI=1S/C15H21NO3S/c17-15(14-9-5-2-6-10-14)16-20(18,19)12-11-13-7-3-1-4-8-13/h1,3-4,7-8,14H,2,5-6,9-12H2,(H,16,17). The van der Waals surface area contributed by atoms with Crippen LogP contribution in [-0.2, 0) is 21.2 Å². The molecule has 5 heteroatoms. The van der Waals surface area contributed by atoms with E-state index in [1.54, 1.807) is 0 Å². The molecule has 0 atom stereocenters. The first-order valence-electron chi connectivity index (χ1n) is 7.15. The van der Waals surface area contributed by atoms with E-state index in [1.165, 1.54) is 0 Å². The number of benzene rings is 1. The van der Waals surface area contributed by atoms with Crippen LogP contribution in [0.2, 0.25) is 0 Å². The molecule has 0 heterocycles. The van der Waals surface area contributed by atoms with Gasteiger partial charge in [-0.1, -0.05) is 49.6 Å². The number of hydrogen-bond acceptors (Lipinski definition) is 3. The van der Waals surface area contributed by atoms with Crippen molar-refractivity contribution in [2.75, 3.05) is 5.75 Å². The third kappa shape index (κ3) is 4.63. The highest BCUT2D eigenvalue weighted by Gasteiger charge is 2.24. The average Bonchev–Trinajstić information content (AvgIpc) is 2.47. The number of carbonyl (C=O) groups excluding carboxylic acids is 1. The van der Waals surface area contributed by atoms with Crippen LogP contribution in [0.3, 0.4) is 0 Å². The lowest BCUT2D eigenvalue weighted by atomic mass is 9.89. The molecule has 0 radical (unpaired) electrons. The number of rotatable bonds is 5. The topological polar surface area (TPSA) is 63.2 Å². The molecule has 0 unspecified atom stereocenters. The maximum atomic E-state index is 11.9. The highest BCUT2D eigenvalue weighted by atomic mass is 32.2. The van der Waals surface area contributed by atoms with Gasteiger partial charge in [-0.05, 0) is 24.8 Å². The predicted octanol–water partition coefficient (Wildman–Crippen LogP) is 2.26. The summed E-state index contributed by atoms with van der Waals surface area (Å²) >= 11 is 0. The molecule has 1 saturated carbocycles. The number of sulfonamides is 1. The van der Waals surface area contributed by atoms with Crippen LogP contribution >= 0.6 is 0 Å². The maximum absolute atomic E-state index is 11.9. The molecule has 4 nitrogen and oxygen atoms in total. The van der Waals surface area contributed by atoms with Gasteiger partial charge in [0.25, 0.3) is 0 Å². The molecular formula is C15H21NO3S. The van der Waals surface area contributed by atoms with Gasteiger partial charge >= 0.3 is 0 Å². The van der Waals surface area contributed by atoms with E-state index in [-0.39, 0.29) is 17.6 Å². The van der Waals surface area contributed by atoms with E-state index in [1.807, 2.05) is 30.3 Å². The van der Waals surface area contributed by atoms with Gasteiger partial charge in [0.1, 0.15) is 0 Å². The third-order valence-corrected chi connectivity index (χ3v) is 4.99. The predicted molar refractivity (Wildman–Crippen MR) is 78.7 cm³/mol. The summed E-state index contributed by atoms with van der Waals surface area (Å²) in [6.07, 6.45) is 5.21. The van der Waals surface area contributed by atoms with Gasteiger partial charge in [0.2, 0.25) is 15.9 Å². The van der Waals surface area contributed by atoms with Gasteiger partial charge < -0.3 is 0 Å². The summed E-state index contributed by atoms with van der Waals surface area (Å²) in [6.45, 7) is 0. The van der Waals surface area contributed by atoms with E-state index in [2.05, 4.69) is 4.72 Å². The van der Waals surface area contributed by atoms with Crippen LogP contribution in [0.4, 0.5) is 0 Å². The fraction of sp³-hybridized carbons (Fsp3) is 0.533. The summed E-state index contributed by atoms with van der Waals surface area (Å²) in [5.74, 6) is -0.497. The van der Waals surface area contributed by atoms with Crippen LogP contribution in [0.15, 0.2) is 30.3 Å². The van der Waals surface area contributed by atoms with Crippen molar-refractivity contribution in [2.45, 2.75) is 38.5 Å². The molecule has 0 spiro atoms. The molecule has 1 fully saturated rings. The number of nitrogens with one attached hydrogen (secondary N) is 1. The summed E-state index contributed by atoms with van der Waals surface area (Å²) in [5.41, 5.74) is 0.961. The molecule has 1 aromatic carbocycles. The zero-order valence-corrected chi connectivity index (χ0v) is 12.4. The highest BCUT2D eigenvalue weighted by Crippen LogP contribution is 2.23. The highest BCUT2D eigenvalue weighted by molar-refractivity contribution is 7.90. The summed E-state index contributed by atoms with van der Waals surface area (Å²) < 4.78 is 26.1. The van der Waals surface area contributed by atoms with Crippen molar-refractivity contribution in [2.24, 2.45) is 5.92 Å². The normalized spacial score (nSPS) is 16.8. The number of aryl methyl sites for hydroxylation is 1. The first-order valence-corrected chi connectivity index (χ1v) is 8.80. The van der Waals surface area contributed by atoms with Gasteiger partial charge in [0.05, 0.1) is 5.75 Å². The van der Waals surface area contributed by atoms with Crippen LogP contribution < -0.4 is 4.72 Å². The Labute approximate surface area is 120 Å². The van der Waals surface area contributed by atoms with Crippen molar-refractivity contribution >= 4 is 15.9 Å². The zero-order valence-electron chi connectivity index (χ0n) is 11.5. The van der Waals surface area contributed by atoms with Gasteiger partial charge in [-0.2, -0.15) is 0 Å². The lowest BCUT2D eigenvalue weighted by Crippen LogP contribution is -2.38. The largest absolute Gasteiger partial charge is 0.274 e. The lowest BCUT2D eigenvalue weighted by Gasteiger charge is -2.20. The molecule has 1 aromatic rings. The first-order chi connectivity index (χ1) is 9.57. The molecule has 0 saturated heterocycles. The minimum Gasteiger partial charge on any atom is -0.274 e. The molecule has 1 aliphatic carbocycles. The van der Waals surface area contributed by atoms with Gasteiger partial charge in [0, 0.05) is 5.92 Å². The second kappa shape index (κ2) is 6.88. The SMILES string of the molecule is O=C(NS(=O)(=O)CCc1ccccc1)C1CCCCC1. The third-order valence-electron chi connectivity index (χ3n) is 3.73. The molecule has 20 heavy (non-hydrogen) atoms. The summed E-state index contributed by atoms with van der Waals surface area (Å²) in [6, 6.07) is 9.42. The Bertz CT molecular complexity index is 533. The molecule has 1 N–H and O–H groups in total. The summed E-state index contributed by atoms with van der Waals surface area (Å²) in [7, 11) is -3.53. The molecule has 2 rings (SSSR count). The van der Waals surface area contributed by atoms with Crippen LogP contribution in [0, 0.1) is 5.92 Å². The summed E-state index contributed by atoms with van der Waals surface area (Å²) in [4.78, 5) is 11.9. The van der Waals surface area contributed by atoms with Crippen LogP contribution in [-0.4, -0.2) is 20.1 Å². The fourth-order valence-electron chi connectivity index (χ4n) is 2.55. The monoisotopic (exact) mass is 295 g/mol. The van der Waals surface area contributed by atoms with Gasteiger partial charge in [0.15, 0.2) is 0 Å². The van der Waals surface area contributed by atoms with Crippen LogP contribution in [0.5, 0.6) is 0 Å². The van der Waals surface area contributed by atoms with E-state index in [0.29, 0.717) is 6.42 Å². The van der Waals surface area contributed by atoms with Crippen molar-refractivity contribution in [3.63, 3.8) is 0 Å². The van der Waals surface area contributed by atoms with E-state index in [4.69, 9.17) is 0 Å². The Morgan fingerprint density at radius 3 is 2.40 bits per heavy atom. The Kier molecular flexibility index (Phi) is 5.17. The second-order valence-electron chi connectivity index (χ2n) is 5.36. The number of amides is 1. The quantitative estimate of drug-likeness (QED) is 0.906. The maximum Gasteiger partial charge on any atom is 0.236 e. The number of hydrogen-bond donors (Lipinski definition) is 1. The van der Waals surface area contributed by atoms with Crippen molar-refractivity contribution in [3.05, 3.63) is 35.9 Å². The van der Waals surface area contributed by atoms with Crippen molar-refractivity contribution in [3.8, 4) is 0 Å². The smallest absolute Gasteiger partial charge is 0.236 e. The Morgan fingerprint density at radius 2 is 1.75 bits per heavy atom. The Hall–Kier alpha value is -1.36. The van der Waals surface area contributed by atoms with Crippen molar-refractivity contribution in [1.29, 1.82) is 0 Å². The van der Waals surface area contributed by atoms with Crippen molar-refractivity contribution in [1.82, 2.24) is 4.72 Å². The molecule has 0 aromatic heterocycles. The van der Waals surface area contributed by atoms with Gasteiger partial charge in [-0.15, -0.1) is 0 Å². The second-order valence-corrected chi connectivity index (χ2v) is 7.20. The Balaban J connectivity index is 1.85. The fourth-order valence-corrected chi connectivity index (χ4v) is 3.63. The lowest BCUT2D eigenvalue weighted by molar-refractivity contribution is -0.124. The summed E-state index contributed by atoms with van der Waals surface area (Å²) in [5, 5.41) is 0. The molecule has 1 aliphatic rings. The number of carbonyl (C=O) groups is 1. The van der Waals surface area contributed by atoms with E-state index >= 15 is 0 Å². The van der Waals surface area contributed by atoms with Crippen LogP contribution in [0.25, 0.3) is 0 Å². The van der Waals surface area contributed by atoms with Crippen molar-refractivity contribution < 1.29 is 13.2 Å². The molecule has 0 aliphatic heterocycles.